The number of benzene rings is 1. The number of aromatic nitrogens is 2. The standard InChI is InChI=1S/C19H27N5/c1-16(2)15-23-9-11-24(12-10-23)19-5-3-17(4-6-19)22-14-18-13-20-7-8-21-18/h3-8,13,16,22H,9-12,14-15H2,1-2H3. The van der Waals surface area contributed by atoms with Gasteiger partial charge in [0.2, 0.25) is 0 Å². The first kappa shape index (κ1) is 16.7. The quantitative estimate of drug-likeness (QED) is 0.885. The van der Waals surface area contributed by atoms with Crippen LogP contribution >= 0.6 is 0 Å². The summed E-state index contributed by atoms with van der Waals surface area (Å²) in [6.07, 6.45) is 5.20. The van der Waals surface area contributed by atoms with E-state index in [1.807, 2.05) is 0 Å². The van der Waals surface area contributed by atoms with Crippen molar-refractivity contribution in [2.75, 3.05) is 42.9 Å². The second kappa shape index (κ2) is 8.11. The maximum atomic E-state index is 4.27. The number of hydrogen-bond acceptors (Lipinski definition) is 5. The molecule has 1 aromatic carbocycles. The number of nitrogens with one attached hydrogen (secondary N) is 1. The van der Waals surface area contributed by atoms with Crippen molar-refractivity contribution < 1.29 is 0 Å². The Hall–Kier alpha value is -2.14. The summed E-state index contributed by atoms with van der Waals surface area (Å²) in [4.78, 5) is 13.4. The summed E-state index contributed by atoms with van der Waals surface area (Å²) >= 11 is 0. The average molecular weight is 325 g/mol. The molecule has 2 heterocycles. The average Bonchev–Trinajstić information content (AvgIpc) is 2.62. The van der Waals surface area contributed by atoms with Gasteiger partial charge in [0.15, 0.2) is 0 Å². The summed E-state index contributed by atoms with van der Waals surface area (Å²) in [7, 11) is 0. The number of piperazine rings is 1. The lowest BCUT2D eigenvalue weighted by Crippen LogP contribution is -2.47. The molecule has 0 unspecified atom stereocenters. The van der Waals surface area contributed by atoms with Crippen LogP contribution in [0.5, 0.6) is 0 Å². The van der Waals surface area contributed by atoms with Crippen molar-refractivity contribution in [3.05, 3.63) is 48.5 Å². The third-order valence-electron chi connectivity index (χ3n) is 4.32. The van der Waals surface area contributed by atoms with Crippen molar-refractivity contribution in [1.29, 1.82) is 0 Å². The molecule has 1 fully saturated rings. The van der Waals surface area contributed by atoms with Crippen LogP contribution in [0.4, 0.5) is 11.4 Å². The van der Waals surface area contributed by atoms with Gasteiger partial charge in [0.1, 0.15) is 0 Å². The van der Waals surface area contributed by atoms with Crippen LogP contribution in [0.15, 0.2) is 42.9 Å². The molecule has 0 spiro atoms. The molecular formula is C19H27N5. The topological polar surface area (TPSA) is 44.3 Å². The zero-order valence-electron chi connectivity index (χ0n) is 14.7. The van der Waals surface area contributed by atoms with E-state index < -0.39 is 0 Å². The molecule has 1 aliphatic heterocycles. The van der Waals surface area contributed by atoms with E-state index in [1.165, 1.54) is 12.2 Å². The molecular weight excluding hydrogens is 298 g/mol. The molecule has 0 amide bonds. The van der Waals surface area contributed by atoms with Gasteiger partial charge in [-0.25, -0.2) is 0 Å². The third kappa shape index (κ3) is 4.68. The zero-order valence-corrected chi connectivity index (χ0v) is 14.7. The van der Waals surface area contributed by atoms with Crippen LogP contribution in [0, 0.1) is 5.92 Å². The van der Waals surface area contributed by atoms with Crippen LogP contribution in [0.25, 0.3) is 0 Å². The highest BCUT2D eigenvalue weighted by molar-refractivity contribution is 5.55. The smallest absolute Gasteiger partial charge is 0.0777 e. The molecule has 0 radical (unpaired) electrons. The molecule has 1 N–H and O–H groups in total. The second-order valence-corrected chi connectivity index (χ2v) is 6.78. The Labute approximate surface area is 144 Å². The van der Waals surface area contributed by atoms with E-state index in [-0.39, 0.29) is 0 Å². The minimum absolute atomic E-state index is 0.695. The van der Waals surface area contributed by atoms with E-state index in [0.717, 1.165) is 43.5 Å². The lowest BCUT2D eigenvalue weighted by Gasteiger charge is -2.36. The fourth-order valence-electron chi connectivity index (χ4n) is 3.11. The largest absolute Gasteiger partial charge is 0.379 e. The van der Waals surface area contributed by atoms with Gasteiger partial charge < -0.3 is 10.2 Å². The second-order valence-electron chi connectivity index (χ2n) is 6.78. The summed E-state index contributed by atoms with van der Waals surface area (Å²) < 4.78 is 0. The molecule has 5 heteroatoms. The molecule has 1 aromatic heterocycles. The normalized spacial score (nSPS) is 15.7. The van der Waals surface area contributed by atoms with E-state index in [9.17, 15) is 0 Å². The van der Waals surface area contributed by atoms with Crippen molar-refractivity contribution in [3.8, 4) is 0 Å². The van der Waals surface area contributed by atoms with Crippen molar-refractivity contribution in [2.24, 2.45) is 5.92 Å². The highest BCUT2D eigenvalue weighted by atomic mass is 15.3. The number of nitrogens with zero attached hydrogens (tertiary/aromatic N) is 4. The van der Waals surface area contributed by atoms with E-state index in [2.05, 4.69) is 63.2 Å². The summed E-state index contributed by atoms with van der Waals surface area (Å²) in [6, 6.07) is 8.70. The highest BCUT2D eigenvalue weighted by Gasteiger charge is 2.17. The van der Waals surface area contributed by atoms with Crippen molar-refractivity contribution >= 4 is 11.4 Å². The van der Waals surface area contributed by atoms with E-state index in [0.29, 0.717) is 6.54 Å². The first-order valence-electron chi connectivity index (χ1n) is 8.77. The lowest BCUT2D eigenvalue weighted by molar-refractivity contribution is 0.231. The van der Waals surface area contributed by atoms with Gasteiger partial charge >= 0.3 is 0 Å². The Morgan fingerprint density at radius 2 is 1.79 bits per heavy atom. The third-order valence-corrected chi connectivity index (χ3v) is 4.32. The van der Waals surface area contributed by atoms with Gasteiger partial charge in [0, 0.05) is 56.5 Å². The molecule has 3 rings (SSSR count). The number of hydrogen-bond donors (Lipinski definition) is 1. The highest BCUT2D eigenvalue weighted by Crippen LogP contribution is 2.20. The van der Waals surface area contributed by atoms with Crippen LogP contribution in [-0.4, -0.2) is 47.6 Å². The number of anilines is 2. The van der Waals surface area contributed by atoms with Crippen LogP contribution in [0.3, 0.4) is 0 Å². The van der Waals surface area contributed by atoms with E-state index >= 15 is 0 Å². The minimum Gasteiger partial charge on any atom is -0.379 e. The molecule has 2 aromatic rings. The van der Waals surface area contributed by atoms with Crippen molar-refractivity contribution in [1.82, 2.24) is 14.9 Å². The molecule has 0 bridgehead atoms. The Kier molecular flexibility index (Phi) is 5.64. The predicted octanol–water partition coefficient (Wildman–Crippen LogP) is 2.87. The molecule has 1 aliphatic rings. The SMILES string of the molecule is CC(C)CN1CCN(c2ccc(NCc3cnccn3)cc2)CC1. The first-order chi connectivity index (χ1) is 11.7. The van der Waals surface area contributed by atoms with Gasteiger partial charge in [-0.3, -0.25) is 14.9 Å². The molecule has 128 valence electrons. The van der Waals surface area contributed by atoms with Gasteiger partial charge in [0.25, 0.3) is 0 Å². The lowest BCUT2D eigenvalue weighted by atomic mass is 10.2. The van der Waals surface area contributed by atoms with Crippen molar-refractivity contribution in [3.63, 3.8) is 0 Å². The van der Waals surface area contributed by atoms with E-state index in [1.54, 1.807) is 18.6 Å². The predicted molar refractivity (Wildman–Crippen MR) is 99.3 cm³/mol. The molecule has 24 heavy (non-hydrogen) atoms. The Morgan fingerprint density at radius 3 is 2.42 bits per heavy atom. The van der Waals surface area contributed by atoms with Crippen LogP contribution in [-0.2, 0) is 6.54 Å². The maximum absolute atomic E-state index is 4.27. The Balaban J connectivity index is 1.50. The molecule has 5 nitrogen and oxygen atoms in total. The van der Waals surface area contributed by atoms with Crippen molar-refractivity contribution in [2.45, 2.75) is 20.4 Å². The fraction of sp³-hybridized carbons (Fsp3) is 0.474. The number of rotatable bonds is 6. The van der Waals surface area contributed by atoms with Gasteiger partial charge in [-0.2, -0.15) is 0 Å². The summed E-state index contributed by atoms with van der Waals surface area (Å²) in [5.74, 6) is 0.746. The van der Waals surface area contributed by atoms with Gasteiger partial charge in [0.05, 0.1) is 18.4 Å². The van der Waals surface area contributed by atoms with Crippen LogP contribution in [0.1, 0.15) is 19.5 Å². The Bertz CT molecular complexity index is 603. The van der Waals surface area contributed by atoms with Gasteiger partial charge in [-0.05, 0) is 30.2 Å². The monoisotopic (exact) mass is 325 g/mol. The van der Waals surface area contributed by atoms with Gasteiger partial charge in [-0.1, -0.05) is 13.8 Å². The molecule has 0 saturated carbocycles. The van der Waals surface area contributed by atoms with Crippen LogP contribution < -0.4 is 10.2 Å². The van der Waals surface area contributed by atoms with Crippen LogP contribution in [0.2, 0.25) is 0 Å². The molecule has 1 saturated heterocycles. The summed E-state index contributed by atoms with van der Waals surface area (Å²) in [5, 5.41) is 3.39. The van der Waals surface area contributed by atoms with E-state index in [4.69, 9.17) is 0 Å². The summed E-state index contributed by atoms with van der Waals surface area (Å²) in [6.45, 7) is 11.0. The first-order valence-corrected chi connectivity index (χ1v) is 8.77. The Morgan fingerprint density at radius 1 is 1.04 bits per heavy atom. The van der Waals surface area contributed by atoms with Gasteiger partial charge in [-0.15, -0.1) is 0 Å². The molecule has 0 atom stereocenters. The molecule has 0 aliphatic carbocycles. The fourth-order valence-corrected chi connectivity index (χ4v) is 3.11. The maximum Gasteiger partial charge on any atom is 0.0777 e. The minimum atomic E-state index is 0.695. The zero-order chi connectivity index (χ0) is 16.8. The summed E-state index contributed by atoms with van der Waals surface area (Å²) in [5.41, 5.74) is 3.37.